The Morgan fingerprint density at radius 1 is 1.12 bits per heavy atom. The molecule has 1 aliphatic heterocycles. The lowest BCUT2D eigenvalue weighted by molar-refractivity contribution is -0.126. The molecule has 0 spiro atoms. The third-order valence-corrected chi connectivity index (χ3v) is 6.83. The molecular formula is C26H43N5O. The van der Waals surface area contributed by atoms with E-state index in [-0.39, 0.29) is 17.9 Å². The van der Waals surface area contributed by atoms with Gasteiger partial charge in [0, 0.05) is 38.1 Å². The molecule has 3 rings (SSSR count). The Morgan fingerprint density at radius 3 is 2.50 bits per heavy atom. The summed E-state index contributed by atoms with van der Waals surface area (Å²) in [5, 5.41) is 10.2. The standard InChI is InChI=1S/C26H43N5O/c1-19(2)29-25(32)23-6-5-7-24(16-23)30-26(27-4)28-17-21-12-14-31(15-13-21)18-22-10-8-20(3)9-11-22/h8-11,19,21,23-24H,5-7,12-18H2,1-4H3,(H,29,32)(H2,27,28,30). The van der Waals surface area contributed by atoms with Gasteiger partial charge in [-0.25, -0.2) is 0 Å². The molecule has 3 N–H and O–H groups in total. The molecule has 178 valence electrons. The summed E-state index contributed by atoms with van der Waals surface area (Å²) >= 11 is 0. The average Bonchev–Trinajstić information content (AvgIpc) is 2.79. The van der Waals surface area contributed by atoms with Crippen LogP contribution >= 0.6 is 0 Å². The normalized spacial score (nSPS) is 23.2. The first-order chi connectivity index (χ1) is 15.4. The number of nitrogens with one attached hydrogen (secondary N) is 3. The van der Waals surface area contributed by atoms with Gasteiger partial charge in [-0.05, 0) is 77.4 Å². The van der Waals surface area contributed by atoms with Crippen LogP contribution in [0.15, 0.2) is 29.3 Å². The van der Waals surface area contributed by atoms with Gasteiger partial charge in [0.1, 0.15) is 0 Å². The summed E-state index contributed by atoms with van der Waals surface area (Å²) < 4.78 is 0. The number of nitrogens with zero attached hydrogens (tertiary/aromatic N) is 2. The van der Waals surface area contributed by atoms with Gasteiger partial charge >= 0.3 is 0 Å². The molecule has 32 heavy (non-hydrogen) atoms. The summed E-state index contributed by atoms with van der Waals surface area (Å²) in [6.07, 6.45) is 6.50. The number of aryl methyl sites for hydroxylation is 1. The number of piperidine rings is 1. The number of rotatable bonds is 7. The molecule has 6 nitrogen and oxygen atoms in total. The third-order valence-electron chi connectivity index (χ3n) is 6.83. The minimum atomic E-state index is 0.111. The summed E-state index contributed by atoms with van der Waals surface area (Å²) in [6, 6.07) is 9.43. The van der Waals surface area contributed by atoms with Gasteiger partial charge in [-0.1, -0.05) is 36.2 Å². The fraction of sp³-hybridized carbons (Fsp3) is 0.692. The molecule has 6 heteroatoms. The molecule has 0 aromatic heterocycles. The van der Waals surface area contributed by atoms with E-state index in [1.807, 2.05) is 20.9 Å². The quantitative estimate of drug-likeness (QED) is 0.448. The summed E-state index contributed by atoms with van der Waals surface area (Å²) in [4.78, 5) is 19.4. The van der Waals surface area contributed by atoms with Crippen molar-refractivity contribution in [3.8, 4) is 0 Å². The van der Waals surface area contributed by atoms with Crippen molar-refractivity contribution in [2.75, 3.05) is 26.7 Å². The van der Waals surface area contributed by atoms with Gasteiger partial charge in [0.15, 0.2) is 5.96 Å². The maximum absolute atomic E-state index is 12.4. The molecule has 1 aliphatic carbocycles. The van der Waals surface area contributed by atoms with Gasteiger partial charge in [-0.2, -0.15) is 0 Å². The zero-order valence-electron chi connectivity index (χ0n) is 20.5. The van der Waals surface area contributed by atoms with E-state index >= 15 is 0 Å². The maximum Gasteiger partial charge on any atom is 0.223 e. The number of amides is 1. The number of carbonyl (C=O) groups excluding carboxylic acids is 1. The van der Waals surface area contributed by atoms with Crippen molar-refractivity contribution in [3.63, 3.8) is 0 Å². The molecule has 1 amide bonds. The molecule has 1 heterocycles. The van der Waals surface area contributed by atoms with Crippen LogP contribution in [0.4, 0.5) is 0 Å². The number of hydrogen-bond donors (Lipinski definition) is 3. The lowest BCUT2D eigenvalue weighted by atomic mass is 9.85. The highest BCUT2D eigenvalue weighted by Crippen LogP contribution is 2.25. The monoisotopic (exact) mass is 441 g/mol. The first-order valence-corrected chi connectivity index (χ1v) is 12.5. The molecule has 1 saturated heterocycles. The summed E-state index contributed by atoms with van der Waals surface area (Å²) in [5.74, 6) is 1.87. The first kappa shape index (κ1) is 24.6. The van der Waals surface area contributed by atoms with Crippen molar-refractivity contribution in [2.24, 2.45) is 16.8 Å². The lowest BCUT2D eigenvalue weighted by Gasteiger charge is -2.33. The molecular weight excluding hydrogens is 398 g/mol. The first-order valence-electron chi connectivity index (χ1n) is 12.5. The van der Waals surface area contributed by atoms with Crippen LogP contribution in [0.5, 0.6) is 0 Å². The van der Waals surface area contributed by atoms with Gasteiger partial charge in [0.25, 0.3) is 0 Å². The van der Waals surface area contributed by atoms with E-state index in [4.69, 9.17) is 0 Å². The van der Waals surface area contributed by atoms with Gasteiger partial charge < -0.3 is 16.0 Å². The number of likely N-dealkylation sites (tertiary alicyclic amines) is 1. The van der Waals surface area contributed by atoms with E-state index in [0.717, 1.165) is 57.8 Å². The van der Waals surface area contributed by atoms with Crippen LogP contribution in [0.3, 0.4) is 0 Å². The van der Waals surface area contributed by atoms with E-state index < -0.39 is 0 Å². The van der Waals surface area contributed by atoms with Crippen LogP contribution in [0.25, 0.3) is 0 Å². The molecule has 2 fully saturated rings. The Morgan fingerprint density at radius 2 is 1.84 bits per heavy atom. The molecule has 1 aromatic rings. The van der Waals surface area contributed by atoms with Crippen LogP contribution in [0.2, 0.25) is 0 Å². The Bertz CT molecular complexity index is 737. The van der Waals surface area contributed by atoms with Crippen molar-refractivity contribution in [3.05, 3.63) is 35.4 Å². The van der Waals surface area contributed by atoms with Crippen LogP contribution in [0, 0.1) is 18.8 Å². The summed E-state index contributed by atoms with van der Waals surface area (Å²) in [5.41, 5.74) is 2.73. The minimum Gasteiger partial charge on any atom is -0.356 e. The predicted molar refractivity (Wildman–Crippen MR) is 133 cm³/mol. The van der Waals surface area contributed by atoms with E-state index in [9.17, 15) is 4.79 Å². The van der Waals surface area contributed by atoms with Crippen LogP contribution < -0.4 is 16.0 Å². The molecule has 2 atom stereocenters. The molecule has 0 radical (unpaired) electrons. The second kappa shape index (κ2) is 12.2. The largest absolute Gasteiger partial charge is 0.356 e. The highest BCUT2D eigenvalue weighted by atomic mass is 16.1. The Balaban J connectivity index is 1.37. The fourth-order valence-electron chi connectivity index (χ4n) is 4.89. The minimum absolute atomic E-state index is 0.111. The summed E-state index contributed by atoms with van der Waals surface area (Å²) in [6.45, 7) is 10.5. The molecule has 1 aromatic carbocycles. The second-order valence-corrected chi connectivity index (χ2v) is 10.0. The highest BCUT2D eigenvalue weighted by molar-refractivity contribution is 5.81. The highest BCUT2D eigenvalue weighted by Gasteiger charge is 2.28. The Labute approximate surface area is 194 Å². The molecule has 2 aliphatic rings. The van der Waals surface area contributed by atoms with Crippen molar-refractivity contribution in [1.82, 2.24) is 20.9 Å². The molecule has 1 saturated carbocycles. The van der Waals surface area contributed by atoms with Gasteiger partial charge in [-0.3, -0.25) is 14.7 Å². The van der Waals surface area contributed by atoms with Crippen LogP contribution in [0.1, 0.15) is 63.5 Å². The second-order valence-electron chi connectivity index (χ2n) is 10.0. The summed E-state index contributed by atoms with van der Waals surface area (Å²) in [7, 11) is 1.84. The lowest BCUT2D eigenvalue weighted by Crippen LogP contribution is -2.49. The third kappa shape index (κ3) is 7.80. The Hall–Kier alpha value is -2.08. The zero-order valence-corrected chi connectivity index (χ0v) is 20.5. The van der Waals surface area contributed by atoms with Gasteiger partial charge in [-0.15, -0.1) is 0 Å². The maximum atomic E-state index is 12.4. The average molecular weight is 442 g/mol. The van der Waals surface area contributed by atoms with E-state index in [1.54, 1.807) is 0 Å². The van der Waals surface area contributed by atoms with Crippen molar-refractivity contribution in [2.45, 2.75) is 77.9 Å². The van der Waals surface area contributed by atoms with E-state index in [2.05, 4.69) is 57.0 Å². The topological polar surface area (TPSA) is 68.8 Å². The van der Waals surface area contributed by atoms with Crippen LogP contribution in [-0.4, -0.2) is 55.5 Å². The zero-order chi connectivity index (χ0) is 22.9. The van der Waals surface area contributed by atoms with E-state index in [0.29, 0.717) is 12.0 Å². The van der Waals surface area contributed by atoms with E-state index in [1.165, 1.54) is 24.0 Å². The fourth-order valence-corrected chi connectivity index (χ4v) is 4.89. The number of hydrogen-bond acceptors (Lipinski definition) is 3. The van der Waals surface area contributed by atoms with Crippen molar-refractivity contribution in [1.29, 1.82) is 0 Å². The Kier molecular flexibility index (Phi) is 9.39. The van der Waals surface area contributed by atoms with Crippen molar-refractivity contribution < 1.29 is 4.79 Å². The number of carbonyl (C=O) groups is 1. The van der Waals surface area contributed by atoms with Crippen LogP contribution in [-0.2, 0) is 11.3 Å². The molecule has 0 bridgehead atoms. The van der Waals surface area contributed by atoms with Gasteiger partial charge in [0.2, 0.25) is 5.91 Å². The van der Waals surface area contributed by atoms with Crippen molar-refractivity contribution >= 4 is 11.9 Å². The smallest absolute Gasteiger partial charge is 0.223 e. The number of guanidine groups is 1. The SMILES string of the molecule is CN=C(NCC1CCN(Cc2ccc(C)cc2)CC1)NC1CCCC(C(=O)NC(C)C)C1. The predicted octanol–water partition coefficient (Wildman–Crippen LogP) is 3.46. The number of aliphatic imine (C=N–C) groups is 1. The van der Waals surface area contributed by atoms with Gasteiger partial charge in [0.05, 0.1) is 0 Å². The number of benzene rings is 1. The molecule has 2 unspecified atom stereocenters.